The summed E-state index contributed by atoms with van der Waals surface area (Å²) in [5, 5.41) is 0. The van der Waals surface area contributed by atoms with Crippen molar-refractivity contribution in [1.29, 1.82) is 0 Å². The van der Waals surface area contributed by atoms with Gasteiger partial charge in [-0.05, 0) is 0 Å². The van der Waals surface area contributed by atoms with Crippen molar-refractivity contribution >= 4 is 32.2 Å². The number of rotatable bonds is 1. The van der Waals surface area contributed by atoms with E-state index in [0.29, 0.717) is 0 Å². The second kappa shape index (κ2) is 7.27. The summed E-state index contributed by atoms with van der Waals surface area (Å²) in [5.41, 5.74) is 0. The standard InChI is InChI=1S/C5H5.2ClH.H3Si.Zr/c1-2-4-5-3-1;;;;/h1-3H,4H2;2*1H;1H3;. The van der Waals surface area contributed by atoms with Crippen LogP contribution in [0.5, 0.6) is 0 Å². The first kappa shape index (κ1) is 12.8. The van der Waals surface area contributed by atoms with Crippen LogP contribution in [0.1, 0.15) is 6.42 Å². The van der Waals surface area contributed by atoms with Gasteiger partial charge in [-0.25, -0.2) is 0 Å². The average molecular weight is 260 g/mol. The second-order valence-electron chi connectivity index (χ2n) is 1.57. The van der Waals surface area contributed by atoms with E-state index >= 15 is 0 Å². The van der Waals surface area contributed by atoms with Gasteiger partial charge in [0.15, 0.2) is 0 Å². The van der Waals surface area contributed by atoms with Gasteiger partial charge in [0.1, 0.15) is 0 Å². The molecule has 0 atom stereocenters. The molecule has 9 heavy (non-hydrogen) atoms. The van der Waals surface area contributed by atoms with Gasteiger partial charge < -0.3 is 0 Å². The molecule has 0 aromatic heterocycles. The molecule has 0 fully saturated rings. The Kier molecular flexibility index (Phi) is 10.3. The van der Waals surface area contributed by atoms with Crippen LogP contribution >= 0.6 is 24.8 Å². The summed E-state index contributed by atoms with van der Waals surface area (Å²) < 4.78 is 1.79. The molecule has 0 aromatic rings. The Hall–Kier alpha value is 1.16. The van der Waals surface area contributed by atoms with Crippen LogP contribution in [0.2, 0.25) is 0 Å². The summed E-state index contributed by atoms with van der Waals surface area (Å²) in [6, 6.07) is 0. The summed E-state index contributed by atoms with van der Waals surface area (Å²) in [5.74, 6) is 0. The molecule has 0 radical (unpaired) electrons. The number of hydrogen-bond donors (Lipinski definition) is 0. The fourth-order valence-corrected chi connectivity index (χ4v) is 4.26. The molecule has 0 aliphatic heterocycles. The van der Waals surface area contributed by atoms with Crippen molar-refractivity contribution in [1.82, 2.24) is 0 Å². The van der Waals surface area contributed by atoms with Gasteiger partial charge in [-0.3, -0.25) is 0 Å². The predicted octanol–water partition coefficient (Wildman–Crippen LogP) is 1.04. The maximum absolute atomic E-state index is 2.30. The Morgan fingerprint density at radius 3 is 2.33 bits per heavy atom. The first-order chi connectivity index (χ1) is 3.43. The molecule has 0 nitrogen and oxygen atoms in total. The number of allylic oxidation sites excluding steroid dienone is 4. The zero-order valence-electron chi connectivity index (χ0n) is 5.26. The quantitative estimate of drug-likeness (QED) is 0.618. The molecule has 52 valence electrons. The van der Waals surface area contributed by atoms with Crippen LogP contribution in [-0.2, 0) is 22.4 Å². The first-order valence-corrected chi connectivity index (χ1v) is 12.1. The van der Waals surface area contributed by atoms with Crippen LogP contribution < -0.4 is 0 Å². The van der Waals surface area contributed by atoms with Crippen molar-refractivity contribution < 1.29 is 22.4 Å². The van der Waals surface area contributed by atoms with Gasteiger partial charge in [-0.15, -0.1) is 24.8 Å². The predicted molar refractivity (Wildman–Crippen MR) is 46.3 cm³/mol. The van der Waals surface area contributed by atoms with Crippen LogP contribution in [0.4, 0.5) is 0 Å². The average Bonchev–Trinajstić information content (AvgIpc) is 2.14. The Morgan fingerprint density at radius 2 is 2.11 bits per heavy atom. The molecule has 0 saturated heterocycles. The molecule has 1 aliphatic carbocycles. The molecule has 4 heteroatoms. The molecule has 0 N–H and O–H groups in total. The van der Waals surface area contributed by atoms with E-state index in [0.717, 1.165) is 0 Å². The van der Waals surface area contributed by atoms with E-state index < -0.39 is 0 Å². The fraction of sp³-hybridized carbons (Fsp3) is 0.200. The molecule has 0 spiro atoms. The number of halogens is 2. The van der Waals surface area contributed by atoms with Gasteiger partial charge in [0.05, 0.1) is 0 Å². The monoisotopic (exact) mass is 258 g/mol. The Balaban J connectivity index is 0. The van der Waals surface area contributed by atoms with Crippen molar-refractivity contribution in [2.75, 3.05) is 0 Å². The normalized spacial score (nSPS) is 13.6. The van der Waals surface area contributed by atoms with E-state index in [4.69, 9.17) is 0 Å². The molecule has 0 bridgehead atoms. The van der Waals surface area contributed by atoms with E-state index in [2.05, 4.69) is 18.2 Å². The summed E-state index contributed by atoms with van der Waals surface area (Å²) in [7, 11) is 1.49. The summed E-state index contributed by atoms with van der Waals surface area (Å²) >= 11 is 0.0981. The third kappa shape index (κ3) is 4.55. The van der Waals surface area contributed by atoms with E-state index in [1.54, 1.807) is 3.28 Å². The van der Waals surface area contributed by atoms with E-state index in [1.165, 1.54) is 13.8 Å². The first-order valence-electron chi connectivity index (χ1n) is 2.47. The van der Waals surface area contributed by atoms with Gasteiger partial charge in [-0.1, -0.05) is 0 Å². The van der Waals surface area contributed by atoms with Gasteiger partial charge in [-0.2, -0.15) is 0 Å². The summed E-state index contributed by atoms with van der Waals surface area (Å²) in [6.45, 7) is 0. The van der Waals surface area contributed by atoms with Gasteiger partial charge in [0.2, 0.25) is 0 Å². The summed E-state index contributed by atoms with van der Waals surface area (Å²) in [4.78, 5) is 0. The molecular formula is C5H10Cl2SiZr. The van der Waals surface area contributed by atoms with E-state index in [-0.39, 0.29) is 47.2 Å². The van der Waals surface area contributed by atoms with Crippen molar-refractivity contribution in [3.05, 3.63) is 21.5 Å². The Bertz CT molecular complexity index is 122. The van der Waals surface area contributed by atoms with E-state index in [1.807, 2.05) is 0 Å². The number of hydrogen-bond acceptors (Lipinski definition) is 0. The molecule has 0 heterocycles. The third-order valence-corrected chi connectivity index (χ3v) is 7.38. The van der Waals surface area contributed by atoms with Gasteiger partial charge >= 0.3 is 57.7 Å². The van der Waals surface area contributed by atoms with Crippen LogP contribution in [0.15, 0.2) is 21.5 Å². The van der Waals surface area contributed by atoms with Crippen molar-refractivity contribution in [3.8, 4) is 0 Å². The molecule has 0 unspecified atom stereocenters. The molecule has 1 aliphatic rings. The maximum atomic E-state index is 2.30. The van der Waals surface area contributed by atoms with Crippen LogP contribution in [0.25, 0.3) is 0 Å². The Labute approximate surface area is 81.9 Å². The molecule has 0 amide bonds. The zero-order chi connectivity index (χ0) is 5.11. The third-order valence-electron chi connectivity index (χ3n) is 1.09. The van der Waals surface area contributed by atoms with Crippen molar-refractivity contribution in [3.63, 3.8) is 0 Å². The van der Waals surface area contributed by atoms with Gasteiger partial charge in [0.25, 0.3) is 0 Å². The minimum absolute atomic E-state index is 0. The molecule has 0 aromatic carbocycles. The van der Waals surface area contributed by atoms with Crippen molar-refractivity contribution in [2.45, 2.75) is 6.42 Å². The molecular weight excluding hydrogens is 250 g/mol. The fourth-order valence-electron chi connectivity index (χ4n) is 0.633. The molecule has 1 rings (SSSR count). The van der Waals surface area contributed by atoms with Gasteiger partial charge in [0, 0.05) is 0 Å². The topological polar surface area (TPSA) is 0 Å². The zero-order valence-corrected chi connectivity index (χ0v) is 11.3. The van der Waals surface area contributed by atoms with Crippen LogP contribution in [-0.4, -0.2) is 7.37 Å². The SMILES string of the molecule is Cl.Cl.[SiH3][Zr][C]1=CC=CC1. The molecule has 0 saturated carbocycles. The van der Waals surface area contributed by atoms with E-state index in [9.17, 15) is 0 Å². The minimum atomic E-state index is 0. The Morgan fingerprint density at radius 1 is 1.44 bits per heavy atom. The van der Waals surface area contributed by atoms with Crippen molar-refractivity contribution in [2.24, 2.45) is 0 Å². The summed E-state index contributed by atoms with van der Waals surface area (Å²) in [6.07, 6.45) is 8.05. The van der Waals surface area contributed by atoms with Crippen LogP contribution in [0, 0.1) is 0 Å². The van der Waals surface area contributed by atoms with Crippen LogP contribution in [0.3, 0.4) is 0 Å². The second-order valence-corrected chi connectivity index (χ2v) is 7.34.